The lowest BCUT2D eigenvalue weighted by Gasteiger charge is -2.13. The van der Waals surface area contributed by atoms with Crippen LogP contribution in [0.4, 0.5) is 24.5 Å². The first-order chi connectivity index (χ1) is 9.77. The number of hydrogen-bond acceptors (Lipinski definition) is 5. The van der Waals surface area contributed by atoms with E-state index in [0.29, 0.717) is 17.5 Å². The van der Waals surface area contributed by atoms with Crippen molar-refractivity contribution < 1.29 is 22.6 Å². The fourth-order valence-corrected chi connectivity index (χ4v) is 1.72. The zero-order valence-corrected chi connectivity index (χ0v) is 10.8. The molecule has 0 bridgehead atoms. The number of halogens is 3. The van der Waals surface area contributed by atoms with Crippen molar-refractivity contribution in [1.29, 1.82) is 0 Å². The van der Waals surface area contributed by atoms with E-state index in [1.165, 1.54) is 0 Å². The van der Waals surface area contributed by atoms with Crippen molar-refractivity contribution in [3.63, 3.8) is 0 Å². The van der Waals surface area contributed by atoms with Gasteiger partial charge >= 0.3 is 6.18 Å². The Balaban J connectivity index is 2.27. The molecule has 1 aromatic carbocycles. The Bertz CT molecular complexity index is 667. The van der Waals surface area contributed by atoms with Crippen LogP contribution in [-0.4, -0.2) is 10.1 Å². The van der Waals surface area contributed by atoms with Crippen LogP contribution in [0.3, 0.4) is 0 Å². The third-order valence-corrected chi connectivity index (χ3v) is 2.65. The molecule has 2 rings (SSSR count). The van der Waals surface area contributed by atoms with Crippen LogP contribution in [0.5, 0.6) is 0 Å². The summed E-state index contributed by atoms with van der Waals surface area (Å²) in [5.41, 5.74) is -1.38. The number of benzene rings is 1. The fourth-order valence-electron chi connectivity index (χ4n) is 1.72. The highest BCUT2D eigenvalue weighted by Crippen LogP contribution is 2.37. The molecule has 112 valence electrons. The Kier molecular flexibility index (Phi) is 3.83. The second-order valence-electron chi connectivity index (χ2n) is 4.27. The maximum Gasteiger partial charge on any atom is 0.418 e. The van der Waals surface area contributed by atoms with E-state index >= 15 is 0 Å². The molecule has 0 saturated heterocycles. The molecule has 0 amide bonds. The lowest BCUT2D eigenvalue weighted by molar-refractivity contribution is -0.385. The monoisotopic (exact) mass is 301 g/mol. The summed E-state index contributed by atoms with van der Waals surface area (Å²) >= 11 is 0. The van der Waals surface area contributed by atoms with E-state index < -0.39 is 22.4 Å². The number of aromatic nitrogens is 1. The van der Waals surface area contributed by atoms with Gasteiger partial charge in [0.05, 0.1) is 22.7 Å². The van der Waals surface area contributed by atoms with Gasteiger partial charge in [0.25, 0.3) is 5.69 Å². The summed E-state index contributed by atoms with van der Waals surface area (Å²) in [6.07, 6.45) is -4.70. The van der Waals surface area contributed by atoms with Gasteiger partial charge in [0.2, 0.25) is 0 Å². The Morgan fingerprint density at radius 1 is 1.38 bits per heavy atom. The smallest absolute Gasteiger partial charge is 0.377 e. The SMILES string of the molecule is Cc1cc(CNc2ccc([N+](=O)[O-])cc2C(F)(F)F)on1. The van der Waals surface area contributed by atoms with Gasteiger partial charge < -0.3 is 9.84 Å². The molecule has 1 N–H and O–H groups in total. The maximum absolute atomic E-state index is 12.9. The van der Waals surface area contributed by atoms with Crippen molar-refractivity contribution in [1.82, 2.24) is 5.16 Å². The van der Waals surface area contributed by atoms with Crippen LogP contribution in [-0.2, 0) is 12.7 Å². The Morgan fingerprint density at radius 2 is 2.10 bits per heavy atom. The minimum Gasteiger partial charge on any atom is -0.377 e. The van der Waals surface area contributed by atoms with Gasteiger partial charge in [-0.3, -0.25) is 10.1 Å². The average Bonchev–Trinajstić information content (AvgIpc) is 2.81. The van der Waals surface area contributed by atoms with E-state index in [1.54, 1.807) is 13.0 Å². The van der Waals surface area contributed by atoms with Crippen molar-refractivity contribution in [2.75, 3.05) is 5.32 Å². The van der Waals surface area contributed by atoms with E-state index in [4.69, 9.17) is 4.52 Å². The van der Waals surface area contributed by atoms with E-state index in [9.17, 15) is 23.3 Å². The van der Waals surface area contributed by atoms with Crippen LogP contribution in [0, 0.1) is 17.0 Å². The number of nitro groups is 1. The molecule has 0 atom stereocenters. The first kappa shape index (κ1) is 14.8. The number of nitrogens with one attached hydrogen (secondary N) is 1. The minimum absolute atomic E-state index is 0.0122. The van der Waals surface area contributed by atoms with Crippen LogP contribution in [0.2, 0.25) is 0 Å². The van der Waals surface area contributed by atoms with Crippen molar-refractivity contribution in [2.24, 2.45) is 0 Å². The molecule has 9 heteroatoms. The summed E-state index contributed by atoms with van der Waals surface area (Å²) in [5.74, 6) is 0.360. The van der Waals surface area contributed by atoms with Crippen LogP contribution in [0.25, 0.3) is 0 Å². The van der Waals surface area contributed by atoms with Crippen LogP contribution < -0.4 is 5.32 Å². The topological polar surface area (TPSA) is 81.2 Å². The maximum atomic E-state index is 12.9. The van der Waals surface area contributed by atoms with Gasteiger partial charge in [-0.1, -0.05) is 5.16 Å². The third kappa shape index (κ3) is 3.50. The molecule has 0 radical (unpaired) electrons. The standard InChI is InChI=1S/C12H10F3N3O3/c1-7-4-9(21-17-7)6-16-11-3-2-8(18(19)20)5-10(11)12(13,14)15/h2-5,16H,6H2,1H3. The number of aryl methyl sites for hydroxylation is 1. The lowest BCUT2D eigenvalue weighted by atomic mass is 10.1. The number of nitrogens with zero attached hydrogens (tertiary/aromatic N) is 2. The number of anilines is 1. The van der Waals surface area contributed by atoms with Crippen molar-refractivity contribution >= 4 is 11.4 Å². The second-order valence-corrected chi connectivity index (χ2v) is 4.27. The summed E-state index contributed by atoms with van der Waals surface area (Å²) in [6, 6.07) is 4.09. The molecule has 0 fully saturated rings. The summed E-state index contributed by atoms with van der Waals surface area (Å²) in [6.45, 7) is 1.67. The van der Waals surface area contributed by atoms with Crippen molar-refractivity contribution in [3.8, 4) is 0 Å². The van der Waals surface area contributed by atoms with Crippen molar-refractivity contribution in [3.05, 3.63) is 51.4 Å². The van der Waals surface area contributed by atoms with Gasteiger partial charge in [-0.15, -0.1) is 0 Å². The van der Waals surface area contributed by atoms with E-state index in [-0.39, 0.29) is 12.2 Å². The zero-order valence-electron chi connectivity index (χ0n) is 10.8. The van der Waals surface area contributed by atoms with E-state index in [0.717, 1.165) is 12.1 Å². The zero-order chi connectivity index (χ0) is 15.6. The molecule has 21 heavy (non-hydrogen) atoms. The third-order valence-electron chi connectivity index (χ3n) is 2.65. The summed E-state index contributed by atoms with van der Waals surface area (Å²) in [5, 5.41) is 16.7. The predicted molar refractivity (Wildman–Crippen MR) is 66.7 cm³/mol. The molecule has 2 aromatic rings. The first-order valence-corrected chi connectivity index (χ1v) is 5.79. The summed E-state index contributed by atoms with van der Waals surface area (Å²) in [7, 11) is 0. The Labute approximate surface area is 116 Å². The van der Waals surface area contributed by atoms with E-state index in [1.807, 2.05) is 0 Å². The van der Waals surface area contributed by atoms with Gasteiger partial charge in [-0.2, -0.15) is 13.2 Å². The van der Waals surface area contributed by atoms with Crippen LogP contribution >= 0.6 is 0 Å². The molecular weight excluding hydrogens is 291 g/mol. The number of non-ortho nitro benzene ring substituents is 1. The number of rotatable bonds is 4. The van der Waals surface area contributed by atoms with Gasteiger partial charge in [0.1, 0.15) is 0 Å². The highest BCUT2D eigenvalue weighted by Gasteiger charge is 2.35. The molecule has 0 aliphatic carbocycles. The summed E-state index contributed by atoms with van der Waals surface area (Å²) < 4.78 is 43.6. The highest BCUT2D eigenvalue weighted by molar-refractivity contribution is 5.57. The average molecular weight is 301 g/mol. The minimum atomic E-state index is -4.70. The molecule has 0 aliphatic rings. The van der Waals surface area contributed by atoms with Gasteiger partial charge in [0, 0.05) is 23.9 Å². The highest BCUT2D eigenvalue weighted by atomic mass is 19.4. The molecule has 1 aromatic heterocycles. The lowest BCUT2D eigenvalue weighted by Crippen LogP contribution is -2.11. The Hall–Kier alpha value is -2.58. The molecular formula is C12H10F3N3O3. The molecule has 0 spiro atoms. The summed E-state index contributed by atoms with van der Waals surface area (Å²) in [4.78, 5) is 9.69. The van der Waals surface area contributed by atoms with E-state index in [2.05, 4.69) is 10.5 Å². The largest absolute Gasteiger partial charge is 0.418 e. The quantitative estimate of drug-likeness (QED) is 0.690. The fraction of sp³-hybridized carbons (Fsp3) is 0.250. The predicted octanol–water partition coefficient (Wildman–Crippen LogP) is 3.52. The van der Waals surface area contributed by atoms with Crippen molar-refractivity contribution in [2.45, 2.75) is 19.6 Å². The number of hydrogen-bond donors (Lipinski definition) is 1. The molecule has 6 nitrogen and oxygen atoms in total. The first-order valence-electron chi connectivity index (χ1n) is 5.79. The molecule has 0 aliphatic heterocycles. The van der Waals surface area contributed by atoms with Crippen LogP contribution in [0.15, 0.2) is 28.8 Å². The Morgan fingerprint density at radius 3 is 2.62 bits per heavy atom. The number of alkyl halides is 3. The second kappa shape index (κ2) is 5.43. The van der Waals surface area contributed by atoms with Gasteiger partial charge in [0.15, 0.2) is 5.76 Å². The molecule has 0 unspecified atom stereocenters. The van der Waals surface area contributed by atoms with Crippen LogP contribution in [0.1, 0.15) is 17.0 Å². The van der Waals surface area contributed by atoms with Gasteiger partial charge in [-0.25, -0.2) is 0 Å². The normalized spacial score (nSPS) is 11.4. The molecule has 1 heterocycles. The molecule has 0 saturated carbocycles. The van der Waals surface area contributed by atoms with Gasteiger partial charge in [-0.05, 0) is 13.0 Å². The number of nitro benzene ring substituents is 1.